The largest absolute Gasteiger partial charge is 0.544 e. The lowest BCUT2D eigenvalue weighted by Crippen LogP contribution is -2.55. The minimum absolute atomic E-state index is 0.0268. The lowest BCUT2D eigenvalue weighted by molar-refractivity contribution is -0.889. The molecule has 0 fully saturated rings. The van der Waals surface area contributed by atoms with Gasteiger partial charge in [-0.15, -0.1) is 0 Å². The topological polar surface area (TPSA) is 102 Å². The van der Waals surface area contributed by atoms with E-state index in [0.29, 0.717) is 12.8 Å². The van der Waals surface area contributed by atoms with Crippen molar-refractivity contribution in [3.8, 4) is 0 Å². The van der Waals surface area contributed by atoms with E-state index >= 15 is 0 Å². The van der Waals surface area contributed by atoms with Gasteiger partial charge in [-0.2, -0.15) is 0 Å². The molecule has 0 aliphatic carbocycles. The number of hydrogen-bond donors (Lipinski definition) is 0. The summed E-state index contributed by atoms with van der Waals surface area (Å²) in [6.45, 7) is 4.43. The van der Waals surface area contributed by atoms with Gasteiger partial charge in [0.1, 0.15) is 12.6 Å². The van der Waals surface area contributed by atoms with Crippen LogP contribution in [0.15, 0.2) is 48.6 Å². The highest BCUT2D eigenvalue weighted by molar-refractivity contribution is 5.70. The van der Waals surface area contributed by atoms with E-state index in [2.05, 4.69) is 56.4 Å². The maximum Gasteiger partial charge on any atom is 0.306 e. The first-order valence-electron chi connectivity index (χ1n) is 20.2. The summed E-state index contributed by atoms with van der Waals surface area (Å²) in [5.41, 5.74) is 0. The summed E-state index contributed by atoms with van der Waals surface area (Å²) in [6.07, 6.45) is 38.8. The zero-order chi connectivity index (χ0) is 37.8. The lowest BCUT2D eigenvalue weighted by atomic mass is 10.0. The van der Waals surface area contributed by atoms with Crippen LogP contribution in [0.4, 0.5) is 0 Å². The molecule has 0 aliphatic heterocycles. The maximum absolute atomic E-state index is 12.6. The van der Waals surface area contributed by atoms with Gasteiger partial charge in [0.25, 0.3) is 0 Å². The van der Waals surface area contributed by atoms with Crippen molar-refractivity contribution in [3.63, 3.8) is 0 Å². The number of rotatable bonds is 35. The van der Waals surface area contributed by atoms with E-state index in [0.717, 1.165) is 51.4 Å². The molecule has 0 saturated carbocycles. The fraction of sp³-hybridized carbons (Fsp3) is 0.744. The van der Waals surface area contributed by atoms with Crippen molar-refractivity contribution in [1.82, 2.24) is 0 Å². The molecule has 0 aromatic heterocycles. The third-order valence-electron chi connectivity index (χ3n) is 8.71. The number of carbonyl (C=O) groups excluding carboxylic acids is 3. The standard InChI is InChI=1S/C43H75NO7/c1-6-8-10-12-14-15-16-17-18-19-20-21-22-23-24-25-26-28-30-32-34-42(46)51-39(37-49-36-35-40(43(47)48)44(3,4)5)38-50-41(45)33-31-29-27-13-11-9-7-2/h8,10,14-15,17-18,27,29,39-40H,6-7,9,11-13,16,19-26,28,30-38H2,1-5H3/b10-8+,15-14+,18-17+,29-27+. The van der Waals surface area contributed by atoms with Gasteiger partial charge in [0.05, 0.1) is 40.3 Å². The van der Waals surface area contributed by atoms with Crippen molar-refractivity contribution >= 4 is 17.9 Å². The van der Waals surface area contributed by atoms with Gasteiger partial charge in [0.2, 0.25) is 0 Å². The Hall–Kier alpha value is -2.71. The minimum atomic E-state index is -1.13. The van der Waals surface area contributed by atoms with Gasteiger partial charge >= 0.3 is 11.9 Å². The molecule has 2 unspecified atom stereocenters. The minimum Gasteiger partial charge on any atom is -0.544 e. The fourth-order valence-corrected chi connectivity index (χ4v) is 5.57. The predicted octanol–water partition coefficient (Wildman–Crippen LogP) is 9.13. The molecule has 0 radical (unpaired) electrons. The summed E-state index contributed by atoms with van der Waals surface area (Å²) >= 11 is 0. The Bertz CT molecular complexity index is 979. The molecule has 51 heavy (non-hydrogen) atoms. The Morgan fingerprint density at radius 2 is 1.14 bits per heavy atom. The van der Waals surface area contributed by atoms with Crippen LogP contribution in [-0.2, 0) is 28.6 Å². The highest BCUT2D eigenvalue weighted by Gasteiger charge is 2.25. The third-order valence-corrected chi connectivity index (χ3v) is 8.71. The first-order valence-corrected chi connectivity index (χ1v) is 20.2. The summed E-state index contributed by atoms with van der Waals surface area (Å²) in [6, 6.07) is -0.729. The average Bonchev–Trinajstić information content (AvgIpc) is 3.08. The van der Waals surface area contributed by atoms with Crippen LogP contribution in [-0.4, -0.2) is 75.5 Å². The van der Waals surface area contributed by atoms with Gasteiger partial charge < -0.3 is 28.6 Å². The zero-order valence-electron chi connectivity index (χ0n) is 33.3. The molecule has 0 aliphatic rings. The third kappa shape index (κ3) is 32.9. The summed E-state index contributed by atoms with van der Waals surface area (Å²) in [5.74, 6) is -1.81. The number of esters is 2. The molecule has 0 N–H and O–H groups in total. The molecular weight excluding hydrogens is 642 g/mol. The number of quaternary nitrogens is 1. The van der Waals surface area contributed by atoms with Crippen molar-refractivity contribution in [3.05, 3.63) is 48.6 Å². The zero-order valence-corrected chi connectivity index (χ0v) is 33.3. The van der Waals surface area contributed by atoms with E-state index in [-0.39, 0.29) is 49.1 Å². The Morgan fingerprint density at radius 1 is 0.608 bits per heavy atom. The number of carbonyl (C=O) groups is 3. The molecule has 294 valence electrons. The Morgan fingerprint density at radius 3 is 1.73 bits per heavy atom. The van der Waals surface area contributed by atoms with E-state index < -0.39 is 18.1 Å². The van der Waals surface area contributed by atoms with Crippen LogP contribution in [0, 0.1) is 0 Å². The second-order valence-electron chi connectivity index (χ2n) is 14.5. The SMILES string of the molecule is CC/C=C/C/C=C/C/C=C/CCCCCCCCCCCCC(=O)OC(COCCC(C(=O)[O-])[N+](C)(C)C)COC(=O)CC/C=C/CCCCC. The first-order chi connectivity index (χ1) is 24.6. The number of likely N-dealkylation sites (N-methyl/N-ethyl adjacent to an activating group) is 1. The molecule has 0 amide bonds. The van der Waals surface area contributed by atoms with Crippen LogP contribution in [0.1, 0.15) is 155 Å². The smallest absolute Gasteiger partial charge is 0.306 e. The number of carboxylic acids is 1. The van der Waals surface area contributed by atoms with Gasteiger partial charge in [0, 0.05) is 19.3 Å². The monoisotopic (exact) mass is 718 g/mol. The van der Waals surface area contributed by atoms with E-state index in [9.17, 15) is 19.5 Å². The quantitative estimate of drug-likeness (QED) is 0.0279. The highest BCUT2D eigenvalue weighted by atomic mass is 16.6. The summed E-state index contributed by atoms with van der Waals surface area (Å²) in [4.78, 5) is 36.5. The second kappa shape index (κ2) is 34.4. The number of hydrogen-bond acceptors (Lipinski definition) is 7. The van der Waals surface area contributed by atoms with Crippen LogP contribution in [0.5, 0.6) is 0 Å². The Balaban J connectivity index is 4.28. The molecule has 2 atom stereocenters. The molecule has 8 nitrogen and oxygen atoms in total. The van der Waals surface area contributed by atoms with Crippen LogP contribution in [0.3, 0.4) is 0 Å². The summed E-state index contributed by atoms with van der Waals surface area (Å²) in [5, 5.41) is 11.6. The van der Waals surface area contributed by atoms with Crippen molar-refractivity contribution in [2.24, 2.45) is 0 Å². The molecule has 0 bridgehead atoms. The van der Waals surface area contributed by atoms with Gasteiger partial charge in [-0.25, -0.2) is 0 Å². The molecule has 8 heteroatoms. The summed E-state index contributed by atoms with van der Waals surface area (Å²) in [7, 11) is 5.38. The number of aliphatic carboxylic acids is 1. The van der Waals surface area contributed by atoms with Gasteiger partial charge in [-0.05, 0) is 57.8 Å². The number of unbranched alkanes of at least 4 members (excludes halogenated alkanes) is 13. The van der Waals surface area contributed by atoms with Crippen molar-refractivity contribution in [2.45, 2.75) is 167 Å². The van der Waals surface area contributed by atoms with Crippen LogP contribution in [0.25, 0.3) is 0 Å². The molecule has 0 saturated heterocycles. The van der Waals surface area contributed by atoms with E-state index in [1.165, 1.54) is 64.2 Å². The number of carboxylic acid groups (broad SMARTS) is 1. The first kappa shape index (κ1) is 48.3. The van der Waals surface area contributed by atoms with E-state index in [1.54, 1.807) is 21.1 Å². The molecular formula is C43H75NO7. The second-order valence-corrected chi connectivity index (χ2v) is 14.5. The molecule has 0 spiro atoms. The van der Waals surface area contributed by atoms with E-state index in [4.69, 9.17) is 14.2 Å². The molecule has 0 aromatic carbocycles. The van der Waals surface area contributed by atoms with Gasteiger partial charge in [-0.3, -0.25) is 9.59 Å². The van der Waals surface area contributed by atoms with Crippen molar-refractivity contribution in [2.75, 3.05) is 41.0 Å². The Labute approximate surface area is 312 Å². The van der Waals surface area contributed by atoms with Crippen LogP contribution >= 0.6 is 0 Å². The van der Waals surface area contributed by atoms with Gasteiger partial charge in [0.15, 0.2) is 6.10 Å². The van der Waals surface area contributed by atoms with Gasteiger partial charge in [-0.1, -0.05) is 127 Å². The van der Waals surface area contributed by atoms with E-state index in [1.807, 2.05) is 6.08 Å². The number of ether oxygens (including phenoxy) is 3. The Kier molecular flexibility index (Phi) is 32.6. The molecule has 0 heterocycles. The lowest BCUT2D eigenvalue weighted by Gasteiger charge is -2.34. The molecule has 0 rings (SSSR count). The van der Waals surface area contributed by atoms with Crippen molar-refractivity contribution in [1.29, 1.82) is 0 Å². The maximum atomic E-state index is 12.6. The van der Waals surface area contributed by atoms with Crippen molar-refractivity contribution < 1.29 is 38.2 Å². The fourth-order valence-electron chi connectivity index (χ4n) is 5.57. The predicted molar refractivity (Wildman–Crippen MR) is 208 cm³/mol. The highest BCUT2D eigenvalue weighted by Crippen LogP contribution is 2.14. The number of allylic oxidation sites excluding steroid dienone is 8. The number of nitrogens with zero attached hydrogens (tertiary/aromatic N) is 1. The molecule has 0 aromatic rings. The van der Waals surface area contributed by atoms with Crippen LogP contribution in [0.2, 0.25) is 0 Å². The average molecular weight is 718 g/mol. The summed E-state index contributed by atoms with van der Waals surface area (Å²) < 4.78 is 17.0. The normalized spacial score (nSPS) is 13.5. The van der Waals surface area contributed by atoms with Crippen LogP contribution < -0.4 is 5.11 Å².